The van der Waals surface area contributed by atoms with Crippen LogP contribution in [0.15, 0.2) is 71.5 Å². The van der Waals surface area contributed by atoms with Gasteiger partial charge in [0.25, 0.3) is 0 Å². The van der Waals surface area contributed by atoms with Gasteiger partial charge in [0.05, 0.1) is 24.3 Å². The number of fused-ring (bicyclic) bond motifs is 2. The minimum atomic E-state index is -0.968. The molecule has 3 rings (SSSR count). The van der Waals surface area contributed by atoms with Gasteiger partial charge in [0, 0.05) is 37.0 Å². The van der Waals surface area contributed by atoms with Crippen LogP contribution in [0.25, 0.3) is 0 Å². The monoisotopic (exact) mass is 636 g/mol. The second-order valence-electron chi connectivity index (χ2n) is 12.3. The van der Waals surface area contributed by atoms with Gasteiger partial charge in [-0.2, -0.15) is 0 Å². The van der Waals surface area contributed by atoms with Crippen LogP contribution in [0.4, 0.5) is 0 Å². The zero-order valence-electron chi connectivity index (χ0n) is 27.3. The molecule has 1 fully saturated rings. The number of aliphatic hydroxyl groups is 1. The molecule has 2 amide bonds. The summed E-state index contributed by atoms with van der Waals surface area (Å²) in [6, 6.07) is -0.840. The maximum atomic E-state index is 13.1. The highest BCUT2D eigenvalue weighted by Crippen LogP contribution is 2.25. The summed E-state index contributed by atoms with van der Waals surface area (Å²) in [6.45, 7) is 5.16. The van der Waals surface area contributed by atoms with E-state index in [0.717, 1.165) is 38.2 Å². The largest absolute Gasteiger partial charge is 0.460 e. The van der Waals surface area contributed by atoms with Crippen LogP contribution in [0.5, 0.6) is 0 Å². The highest BCUT2D eigenvalue weighted by atomic mass is 16.5. The van der Waals surface area contributed by atoms with E-state index in [1.165, 1.54) is 13.2 Å². The van der Waals surface area contributed by atoms with Crippen molar-refractivity contribution in [2.75, 3.05) is 7.11 Å². The number of carbonyl (C=O) groups excluding carboxylic acids is 5. The van der Waals surface area contributed by atoms with Gasteiger partial charge in [0.1, 0.15) is 12.1 Å². The molecule has 0 aromatic carbocycles. The molecule has 10 heteroatoms. The Hall–Kier alpha value is -3.89. The Kier molecular flexibility index (Phi) is 14.6. The third-order valence-corrected chi connectivity index (χ3v) is 8.65. The minimum Gasteiger partial charge on any atom is -0.460 e. The number of allylic oxidation sites excluding steroid dienone is 8. The van der Waals surface area contributed by atoms with E-state index in [1.807, 2.05) is 6.08 Å². The van der Waals surface area contributed by atoms with Gasteiger partial charge < -0.3 is 25.2 Å². The predicted molar refractivity (Wildman–Crippen MR) is 174 cm³/mol. The second-order valence-corrected chi connectivity index (χ2v) is 12.3. The summed E-state index contributed by atoms with van der Waals surface area (Å²) in [7, 11) is 1.47. The van der Waals surface area contributed by atoms with Crippen molar-refractivity contribution in [3.63, 3.8) is 0 Å². The number of carbonyl (C=O) groups is 5. The maximum Gasteiger partial charge on any atom is 0.328 e. The highest BCUT2D eigenvalue weighted by molar-refractivity contribution is 6.21. The molecule has 3 N–H and O–H groups in total. The van der Waals surface area contributed by atoms with Crippen LogP contribution in [0.1, 0.15) is 78.6 Å². The number of ketones is 2. The number of amides is 2. The van der Waals surface area contributed by atoms with Crippen molar-refractivity contribution in [2.24, 2.45) is 11.8 Å². The first-order valence-electron chi connectivity index (χ1n) is 16.2. The lowest BCUT2D eigenvalue weighted by Gasteiger charge is -2.29. The lowest BCUT2D eigenvalue weighted by Crippen LogP contribution is -2.45. The Balaban J connectivity index is 1.79. The highest BCUT2D eigenvalue weighted by Gasteiger charge is 2.31. The molecule has 1 saturated carbocycles. The molecular formula is C36H48N2O8. The van der Waals surface area contributed by atoms with Crippen LogP contribution in [-0.4, -0.2) is 65.9 Å². The van der Waals surface area contributed by atoms with Crippen molar-refractivity contribution < 1.29 is 38.6 Å². The fraction of sp³-hybridized carbons (Fsp3) is 0.528. The van der Waals surface area contributed by atoms with Crippen molar-refractivity contribution in [3.8, 4) is 0 Å². The van der Waals surface area contributed by atoms with Crippen LogP contribution < -0.4 is 10.6 Å². The predicted octanol–water partition coefficient (Wildman–Crippen LogP) is 4.26. The quantitative estimate of drug-likeness (QED) is 0.230. The van der Waals surface area contributed by atoms with Crippen LogP contribution in [0.3, 0.4) is 0 Å². The molecular weight excluding hydrogens is 588 g/mol. The fourth-order valence-corrected chi connectivity index (χ4v) is 5.73. The molecule has 5 atom stereocenters. The summed E-state index contributed by atoms with van der Waals surface area (Å²) in [4.78, 5) is 63.8. The molecule has 0 radical (unpaired) electrons. The molecule has 1 aliphatic heterocycles. The number of methoxy groups -OCH3 is 1. The van der Waals surface area contributed by atoms with Gasteiger partial charge in [-0.1, -0.05) is 68.7 Å². The number of esters is 1. The molecule has 0 spiro atoms. The summed E-state index contributed by atoms with van der Waals surface area (Å²) in [6.07, 6.45) is 18.1. The third-order valence-electron chi connectivity index (χ3n) is 8.65. The molecule has 46 heavy (non-hydrogen) atoms. The van der Waals surface area contributed by atoms with E-state index in [9.17, 15) is 29.1 Å². The first-order valence-corrected chi connectivity index (χ1v) is 16.2. The molecule has 1 heterocycles. The molecule has 10 nitrogen and oxygen atoms in total. The van der Waals surface area contributed by atoms with Gasteiger partial charge >= 0.3 is 5.97 Å². The molecule has 250 valence electrons. The van der Waals surface area contributed by atoms with Crippen molar-refractivity contribution in [1.29, 1.82) is 0 Å². The Morgan fingerprint density at radius 2 is 1.76 bits per heavy atom. The van der Waals surface area contributed by atoms with Crippen molar-refractivity contribution in [1.82, 2.24) is 10.6 Å². The van der Waals surface area contributed by atoms with Crippen LogP contribution in [0, 0.1) is 11.8 Å². The number of Topliss-reactive ketones (excluding diaryl/α,β-unsaturated/α-hetero) is 1. The smallest absolute Gasteiger partial charge is 0.328 e. The normalized spacial score (nSPS) is 29.8. The first kappa shape index (κ1) is 36.6. The van der Waals surface area contributed by atoms with Gasteiger partial charge in [-0.3, -0.25) is 19.2 Å². The zero-order valence-corrected chi connectivity index (χ0v) is 27.3. The SMILES string of the molecule is CO[C@H]1/C=C/C=C/C=C/C[C@H](OC(=O)[C@@H](C)NC(=O)C2CCCCC2)[C@H](C)[C@H](O)/C(C)=C\CCC2=CC(=O)C=C(NC(=O)C1)C2=O. The van der Waals surface area contributed by atoms with Gasteiger partial charge in [-0.25, -0.2) is 4.79 Å². The topological polar surface area (TPSA) is 148 Å². The lowest BCUT2D eigenvalue weighted by atomic mass is 9.88. The third kappa shape index (κ3) is 11.2. The number of nitrogens with one attached hydrogen (secondary N) is 2. The molecule has 2 aliphatic carbocycles. The van der Waals surface area contributed by atoms with E-state index < -0.39 is 53.7 Å². The summed E-state index contributed by atoms with van der Waals surface area (Å²) >= 11 is 0. The molecule has 2 bridgehead atoms. The Morgan fingerprint density at radius 1 is 1.04 bits per heavy atom. The molecule has 3 aliphatic rings. The van der Waals surface area contributed by atoms with Crippen molar-refractivity contribution >= 4 is 29.4 Å². The lowest BCUT2D eigenvalue weighted by molar-refractivity contribution is -0.156. The maximum absolute atomic E-state index is 13.1. The van der Waals surface area contributed by atoms with Crippen LogP contribution >= 0.6 is 0 Å². The summed E-state index contributed by atoms with van der Waals surface area (Å²) in [5.41, 5.74) is 0.803. The van der Waals surface area contributed by atoms with Crippen LogP contribution in [-0.2, 0) is 33.4 Å². The molecule has 0 saturated heterocycles. The van der Waals surface area contributed by atoms with E-state index in [2.05, 4.69) is 10.6 Å². The number of hydrogen-bond acceptors (Lipinski definition) is 8. The first-order chi connectivity index (χ1) is 22.0. The van der Waals surface area contributed by atoms with Crippen LogP contribution in [0.2, 0.25) is 0 Å². The number of aliphatic hydroxyl groups excluding tert-OH is 1. The van der Waals surface area contributed by atoms with Gasteiger partial charge in [-0.05, 0) is 51.2 Å². The Labute approximate surface area is 271 Å². The average molecular weight is 637 g/mol. The number of hydrogen-bond donors (Lipinski definition) is 3. The summed E-state index contributed by atoms with van der Waals surface area (Å²) in [5.74, 6) is -2.59. The van der Waals surface area contributed by atoms with Crippen molar-refractivity contribution in [3.05, 3.63) is 71.5 Å². The van der Waals surface area contributed by atoms with E-state index in [1.54, 1.807) is 57.2 Å². The molecule has 0 aromatic rings. The average Bonchev–Trinajstić information content (AvgIpc) is 3.04. The minimum absolute atomic E-state index is 0.0567. The van der Waals surface area contributed by atoms with Gasteiger partial charge in [0.2, 0.25) is 17.6 Å². The van der Waals surface area contributed by atoms with Gasteiger partial charge in [0.15, 0.2) is 5.78 Å². The van der Waals surface area contributed by atoms with E-state index >= 15 is 0 Å². The Bertz CT molecular complexity index is 1310. The fourth-order valence-electron chi connectivity index (χ4n) is 5.73. The summed E-state index contributed by atoms with van der Waals surface area (Å²) < 4.78 is 11.3. The van der Waals surface area contributed by atoms with E-state index in [0.29, 0.717) is 18.4 Å². The van der Waals surface area contributed by atoms with Gasteiger partial charge in [-0.15, -0.1) is 0 Å². The van der Waals surface area contributed by atoms with Crippen molar-refractivity contribution in [2.45, 2.75) is 103 Å². The number of rotatable bonds is 5. The van der Waals surface area contributed by atoms with E-state index in [4.69, 9.17) is 9.47 Å². The van der Waals surface area contributed by atoms with E-state index in [-0.39, 0.29) is 35.9 Å². The summed E-state index contributed by atoms with van der Waals surface area (Å²) in [5, 5.41) is 16.6. The number of ether oxygens (including phenoxy) is 2. The second kappa shape index (κ2) is 18.3. The Morgan fingerprint density at radius 3 is 2.48 bits per heavy atom. The molecule has 0 unspecified atom stereocenters. The zero-order chi connectivity index (χ0) is 33.6. The standard InChI is InChI=1S/C36H48N2O8/c1-23-14-13-17-27-20-28(39)21-30(34(27)42)38-32(40)22-29(45-4)18-11-6-5-7-12-19-31(24(2)33(23)41)46-36(44)25(3)37-35(43)26-15-9-8-10-16-26/h5-7,11-12,14,18,20-21,24-26,29,31,33,41H,8-10,13,15-17,19,22H2,1-4H3,(H,37,43)(H,38,40)/b6-5+,12-7+,18-11+,23-14-/t24-,25+,29-,31-,33+/m0/s1. The molecule has 0 aromatic heterocycles.